The Balaban J connectivity index is 1.41. The third-order valence-corrected chi connectivity index (χ3v) is 5.36. The Morgan fingerprint density at radius 3 is 2.74 bits per heavy atom. The first-order valence-corrected chi connectivity index (χ1v) is 9.26. The van der Waals surface area contributed by atoms with Gasteiger partial charge in [0.25, 0.3) is 0 Å². The molecule has 5 nitrogen and oxygen atoms in total. The van der Waals surface area contributed by atoms with Crippen molar-refractivity contribution < 1.29 is 9.59 Å². The predicted octanol–water partition coefficient (Wildman–Crippen LogP) is 3.45. The zero-order valence-corrected chi connectivity index (χ0v) is 15.6. The summed E-state index contributed by atoms with van der Waals surface area (Å²) in [5.41, 5.74) is 5.18. The van der Waals surface area contributed by atoms with E-state index in [9.17, 15) is 9.59 Å². The van der Waals surface area contributed by atoms with Gasteiger partial charge >= 0.3 is 0 Å². The number of amides is 2. The molecule has 1 aliphatic rings. The normalized spacial score (nSPS) is 16.9. The molecule has 1 saturated heterocycles. The Hall–Kier alpha value is -3.08. The van der Waals surface area contributed by atoms with E-state index in [1.807, 2.05) is 62.4 Å². The lowest BCUT2D eigenvalue weighted by Gasteiger charge is -2.18. The fourth-order valence-corrected chi connectivity index (χ4v) is 3.61. The molecule has 27 heavy (non-hydrogen) atoms. The molecule has 2 aromatic carbocycles. The molecule has 0 aliphatic carbocycles. The number of rotatable bonds is 4. The second kappa shape index (κ2) is 6.91. The van der Waals surface area contributed by atoms with Crippen LogP contribution in [0.2, 0.25) is 0 Å². The SMILES string of the molecule is Cc1ccc(N2CCC(C(=O)NCc3cc4ccccc4[nH]3)C2=O)cc1C. The van der Waals surface area contributed by atoms with Crippen LogP contribution in [0.25, 0.3) is 10.9 Å². The highest BCUT2D eigenvalue weighted by molar-refractivity contribution is 6.09. The summed E-state index contributed by atoms with van der Waals surface area (Å²) in [5, 5.41) is 4.02. The first kappa shape index (κ1) is 17.3. The molecule has 0 spiro atoms. The van der Waals surface area contributed by atoms with Crippen molar-refractivity contribution in [1.29, 1.82) is 0 Å². The predicted molar refractivity (Wildman–Crippen MR) is 107 cm³/mol. The van der Waals surface area contributed by atoms with Crippen molar-refractivity contribution >= 4 is 28.4 Å². The lowest BCUT2D eigenvalue weighted by Crippen LogP contribution is -2.36. The summed E-state index contributed by atoms with van der Waals surface area (Å²) in [6, 6.07) is 16.0. The van der Waals surface area contributed by atoms with Gasteiger partial charge in [0.15, 0.2) is 0 Å². The minimum Gasteiger partial charge on any atom is -0.357 e. The third-order valence-electron chi connectivity index (χ3n) is 5.36. The molecule has 2 N–H and O–H groups in total. The van der Waals surface area contributed by atoms with Gasteiger partial charge < -0.3 is 15.2 Å². The van der Waals surface area contributed by atoms with Crippen molar-refractivity contribution in [2.24, 2.45) is 5.92 Å². The van der Waals surface area contributed by atoms with Crippen LogP contribution >= 0.6 is 0 Å². The molecule has 138 valence electrons. The lowest BCUT2D eigenvalue weighted by atomic mass is 10.1. The fourth-order valence-electron chi connectivity index (χ4n) is 3.61. The zero-order chi connectivity index (χ0) is 19.0. The molecule has 1 aliphatic heterocycles. The van der Waals surface area contributed by atoms with Crippen molar-refractivity contribution in [2.75, 3.05) is 11.4 Å². The maximum Gasteiger partial charge on any atom is 0.239 e. The topological polar surface area (TPSA) is 65.2 Å². The minimum absolute atomic E-state index is 0.118. The quantitative estimate of drug-likeness (QED) is 0.699. The minimum atomic E-state index is -0.615. The standard InChI is InChI=1S/C22H23N3O2/c1-14-7-8-18(11-15(14)2)25-10-9-19(22(25)27)21(26)23-13-17-12-16-5-3-4-6-20(16)24-17/h3-8,11-12,19,24H,9-10,13H2,1-2H3,(H,23,26). The van der Waals surface area contributed by atoms with Crippen molar-refractivity contribution in [3.8, 4) is 0 Å². The number of benzene rings is 2. The Kier molecular flexibility index (Phi) is 4.44. The number of H-pyrrole nitrogens is 1. The van der Waals surface area contributed by atoms with E-state index in [1.54, 1.807) is 4.90 Å². The number of aryl methyl sites for hydroxylation is 2. The summed E-state index contributed by atoms with van der Waals surface area (Å²) < 4.78 is 0. The smallest absolute Gasteiger partial charge is 0.239 e. The van der Waals surface area contributed by atoms with Gasteiger partial charge in [0.2, 0.25) is 11.8 Å². The van der Waals surface area contributed by atoms with Crippen LogP contribution in [-0.4, -0.2) is 23.3 Å². The van der Waals surface area contributed by atoms with Crippen LogP contribution in [0.1, 0.15) is 23.2 Å². The van der Waals surface area contributed by atoms with Crippen LogP contribution in [0.15, 0.2) is 48.5 Å². The molecule has 5 heteroatoms. The first-order chi connectivity index (χ1) is 13.0. The Labute approximate surface area is 158 Å². The molecule has 1 fully saturated rings. The highest BCUT2D eigenvalue weighted by Gasteiger charge is 2.37. The zero-order valence-electron chi connectivity index (χ0n) is 15.6. The number of carbonyl (C=O) groups excluding carboxylic acids is 2. The monoisotopic (exact) mass is 361 g/mol. The van der Waals surface area contributed by atoms with Gasteiger partial charge in [-0.15, -0.1) is 0 Å². The summed E-state index contributed by atoms with van der Waals surface area (Å²) >= 11 is 0. The van der Waals surface area contributed by atoms with E-state index in [0.29, 0.717) is 19.5 Å². The second-order valence-electron chi connectivity index (χ2n) is 7.20. The van der Waals surface area contributed by atoms with Crippen molar-refractivity contribution in [1.82, 2.24) is 10.3 Å². The number of anilines is 1. The third kappa shape index (κ3) is 3.33. The molecule has 1 atom stereocenters. The molecule has 4 rings (SSSR count). The number of fused-ring (bicyclic) bond motifs is 1. The van der Waals surface area contributed by atoms with Crippen molar-refractivity contribution in [2.45, 2.75) is 26.8 Å². The van der Waals surface area contributed by atoms with E-state index in [-0.39, 0.29) is 11.8 Å². The van der Waals surface area contributed by atoms with Crippen LogP contribution in [-0.2, 0) is 16.1 Å². The Morgan fingerprint density at radius 2 is 1.96 bits per heavy atom. The number of carbonyl (C=O) groups is 2. The molecule has 1 unspecified atom stereocenters. The maximum absolute atomic E-state index is 12.8. The number of nitrogens with zero attached hydrogens (tertiary/aromatic N) is 1. The highest BCUT2D eigenvalue weighted by Crippen LogP contribution is 2.27. The highest BCUT2D eigenvalue weighted by atomic mass is 16.2. The van der Waals surface area contributed by atoms with E-state index >= 15 is 0 Å². The molecule has 1 aromatic heterocycles. The number of para-hydroxylation sites is 1. The summed E-state index contributed by atoms with van der Waals surface area (Å²) in [5.74, 6) is -0.937. The van der Waals surface area contributed by atoms with E-state index < -0.39 is 5.92 Å². The van der Waals surface area contributed by atoms with Gasteiger partial charge in [0.1, 0.15) is 5.92 Å². The summed E-state index contributed by atoms with van der Waals surface area (Å²) in [4.78, 5) is 30.3. The van der Waals surface area contributed by atoms with Crippen LogP contribution in [0.5, 0.6) is 0 Å². The van der Waals surface area contributed by atoms with Gasteiger partial charge in [-0.25, -0.2) is 0 Å². The average molecular weight is 361 g/mol. The number of aromatic nitrogens is 1. The van der Waals surface area contributed by atoms with Gasteiger partial charge in [-0.3, -0.25) is 9.59 Å². The van der Waals surface area contributed by atoms with Crippen LogP contribution in [0.3, 0.4) is 0 Å². The van der Waals surface area contributed by atoms with E-state index in [1.165, 1.54) is 5.56 Å². The summed E-state index contributed by atoms with van der Waals surface area (Å²) in [7, 11) is 0. The molecule has 2 amide bonds. The van der Waals surface area contributed by atoms with Gasteiger partial charge in [-0.05, 0) is 61.0 Å². The van der Waals surface area contributed by atoms with E-state index in [2.05, 4.69) is 10.3 Å². The van der Waals surface area contributed by atoms with Crippen LogP contribution < -0.4 is 10.2 Å². The molecule has 0 radical (unpaired) electrons. The Morgan fingerprint density at radius 1 is 1.15 bits per heavy atom. The molecule has 2 heterocycles. The lowest BCUT2D eigenvalue weighted by molar-refractivity contribution is -0.132. The number of hydrogen-bond donors (Lipinski definition) is 2. The summed E-state index contributed by atoms with van der Waals surface area (Å²) in [6.07, 6.45) is 0.546. The molecule has 0 saturated carbocycles. The first-order valence-electron chi connectivity index (χ1n) is 9.26. The fraction of sp³-hybridized carbons (Fsp3) is 0.273. The van der Waals surface area contributed by atoms with Crippen LogP contribution in [0.4, 0.5) is 5.69 Å². The van der Waals surface area contributed by atoms with Crippen molar-refractivity contribution in [3.05, 3.63) is 65.4 Å². The van der Waals surface area contributed by atoms with E-state index in [0.717, 1.165) is 27.8 Å². The Bertz CT molecular complexity index is 988. The number of hydrogen-bond acceptors (Lipinski definition) is 2. The van der Waals surface area contributed by atoms with E-state index in [4.69, 9.17) is 0 Å². The average Bonchev–Trinajstić information content (AvgIpc) is 3.25. The van der Waals surface area contributed by atoms with Gasteiger partial charge in [-0.2, -0.15) is 0 Å². The molecular weight excluding hydrogens is 338 g/mol. The molecular formula is C22H23N3O2. The van der Waals surface area contributed by atoms with Gasteiger partial charge in [0.05, 0.1) is 6.54 Å². The number of nitrogens with one attached hydrogen (secondary N) is 2. The number of aromatic amines is 1. The molecule has 3 aromatic rings. The second-order valence-corrected chi connectivity index (χ2v) is 7.20. The van der Waals surface area contributed by atoms with Crippen molar-refractivity contribution in [3.63, 3.8) is 0 Å². The van der Waals surface area contributed by atoms with Gasteiger partial charge in [0, 0.05) is 23.4 Å². The maximum atomic E-state index is 12.8. The van der Waals surface area contributed by atoms with Crippen LogP contribution in [0, 0.1) is 19.8 Å². The largest absolute Gasteiger partial charge is 0.357 e. The van der Waals surface area contributed by atoms with Gasteiger partial charge in [-0.1, -0.05) is 24.3 Å². The molecule has 0 bridgehead atoms. The summed E-state index contributed by atoms with van der Waals surface area (Å²) in [6.45, 7) is 5.04.